The molecular weight excluding hydrogens is 306 g/mol. The first-order valence-corrected chi connectivity index (χ1v) is 8.22. The van der Waals surface area contributed by atoms with E-state index in [0.29, 0.717) is 0 Å². The molecule has 1 fully saturated rings. The molecular formula is C20H18ClNO. The highest BCUT2D eigenvalue weighted by molar-refractivity contribution is 6.30. The molecule has 2 aromatic rings. The largest absolute Gasteiger partial charge is 0.357 e. The molecule has 3 atom stereocenters. The number of anilines is 1. The standard InChI is InChI=1S/C20H18ClNO/c1-3-16(14-8-10-15(21)11-9-14)20-12-13-23-19(20)22(2)18-7-5-4-6-17(18)20/h1,4-11,16,19H,12-13H2,2H3. The van der Waals surface area contributed by atoms with Crippen molar-refractivity contribution in [3.05, 3.63) is 64.7 Å². The highest BCUT2D eigenvalue weighted by atomic mass is 35.5. The van der Waals surface area contributed by atoms with Gasteiger partial charge in [0.25, 0.3) is 0 Å². The van der Waals surface area contributed by atoms with Crippen LogP contribution in [0.1, 0.15) is 23.5 Å². The number of likely N-dealkylation sites (N-methyl/N-ethyl adjacent to an activating group) is 1. The number of para-hydroxylation sites is 1. The first-order chi connectivity index (χ1) is 11.2. The lowest BCUT2D eigenvalue weighted by atomic mass is 9.67. The van der Waals surface area contributed by atoms with E-state index in [1.807, 2.05) is 24.3 Å². The van der Waals surface area contributed by atoms with E-state index in [1.165, 1.54) is 11.3 Å². The molecule has 3 unspecified atom stereocenters. The van der Waals surface area contributed by atoms with Gasteiger partial charge in [0.05, 0.1) is 17.9 Å². The summed E-state index contributed by atoms with van der Waals surface area (Å²) in [7, 11) is 2.09. The lowest BCUT2D eigenvalue weighted by Crippen LogP contribution is -2.43. The van der Waals surface area contributed by atoms with Gasteiger partial charge in [-0.15, -0.1) is 6.42 Å². The molecule has 2 aliphatic heterocycles. The van der Waals surface area contributed by atoms with Crippen molar-refractivity contribution in [3.8, 4) is 12.3 Å². The Balaban J connectivity index is 1.91. The molecule has 4 rings (SSSR count). The zero-order valence-electron chi connectivity index (χ0n) is 13.0. The van der Waals surface area contributed by atoms with Gasteiger partial charge in [-0.2, -0.15) is 0 Å². The topological polar surface area (TPSA) is 12.5 Å². The van der Waals surface area contributed by atoms with Crippen LogP contribution in [0.4, 0.5) is 5.69 Å². The summed E-state index contributed by atoms with van der Waals surface area (Å²) in [6.45, 7) is 0.731. The van der Waals surface area contributed by atoms with Crippen LogP contribution in [-0.4, -0.2) is 19.9 Å². The Morgan fingerprint density at radius 1 is 1.26 bits per heavy atom. The molecule has 3 heteroatoms. The predicted octanol–water partition coefficient (Wildman–Crippen LogP) is 4.19. The van der Waals surface area contributed by atoms with Crippen molar-refractivity contribution in [3.63, 3.8) is 0 Å². The summed E-state index contributed by atoms with van der Waals surface area (Å²) in [4.78, 5) is 2.22. The van der Waals surface area contributed by atoms with Crippen molar-refractivity contribution in [1.29, 1.82) is 0 Å². The van der Waals surface area contributed by atoms with Gasteiger partial charge in [-0.3, -0.25) is 0 Å². The Hall–Kier alpha value is -1.95. The first-order valence-electron chi connectivity index (χ1n) is 7.84. The lowest BCUT2D eigenvalue weighted by Gasteiger charge is -2.35. The molecule has 1 saturated heterocycles. The molecule has 0 amide bonds. The molecule has 23 heavy (non-hydrogen) atoms. The van der Waals surface area contributed by atoms with Crippen molar-refractivity contribution in [1.82, 2.24) is 0 Å². The average Bonchev–Trinajstić information content (AvgIpc) is 3.10. The second-order valence-corrected chi connectivity index (χ2v) is 6.73. The van der Waals surface area contributed by atoms with Crippen LogP contribution < -0.4 is 4.90 Å². The van der Waals surface area contributed by atoms with Gasteiger partial charge in [0.2, 0.25) is 0 Å². The van der Waals surface area contributed by atoms with Gasteiger partial charge in [0, 0.05) is 17.8 Å². The van der Waals surface area contributed by atoms with Crippen molar-refractivity contribution in [2.45, 2.75) is 24.0 Å². The third-order valence-electron chi connectivity index (χ3n) is 5.25. The van der Waals surface area contributed by atoms with E-state index >= 15 is 0 Å². The fourth-order valence-electron chi connectivity index (χ4n) is 4.28. The number of fused-ring (bicyclic) bond motifs is 3. The Bertz CT molecular complexity index is 779. The SMILES string of the molecule is C#CC(c1ccc(Cl)cc1)C12CCOC1N(C)c1ccccc12. The summed E-state index contributed by atoms with van der Waals surface area (Å²) in [5, 5.41) is 0.727. The van der Waals surface area contributed by atoms with Crippen molar-refractivity contribution < 1.29 is 4.74 Å². The quantitative estimate of drug-likeness (QED) is 0.768. The van der Waals surface area contributed by atoms with Gasteiger partial charge in [-0.25, -0.2) is 0 Å². The van der Waals surface area contributed by atoms with E-state index in [1.54, 1.807) is 0 Å². The molecule has 0 bridgehead atoms. The van der Waals surface area contributed by atoms with E-state index < -0.39 is 0 Å². The van der Waals surface area contributed by atoms with Crippen LogP contribution in [0, 0.1) is 12.3 Å². The summed E-state index contributed by atoms with van der Waals surface area (Å²) in [5.41, 5.74) is 3.43. The summed E-state index contributed by atoms with van der Waals surface area (Å²) >= 11 is 6.05. The third-order valence-corrected chi connectivity index (χ3v) is 5.51. The minimum absolute atomic E-state index is 0.0170. The minimum atomic E-state index is -0.200. The smallest absolute Gasteiger partial charge is 0.141 e. The minimum Gasteiger partial charge on any atom is -0.357 e. The van der Waals surface area contributed by atoms with E-state index in [0.717, 1.165) is 23.6 Å². The fraction of sp³-hybridized carbons (Fsp3) is 0.300. The van der Waals surface area contributed by atoms with Gasteiger partial charge >= 0.3 is 0 Å². The van der Waals surface area contributed by atoms with Gasteiger partial charge in [0.15, 0.2) is 0 Å². The van der Waals surface area contributed by atoms with Crippen molar-refractivity contribution >= 4 is 17.3 Å². The molecule has 2 aliphatic rings. The van der Waals surface area contributed by atoms with Gasteiger partial charge in [0.1, 0.15) is 6.23 Å². The van der Waals surface area contributed by atoms with E-state index in [2.05, 4.69) is 42.1 Å². The maximum atomic E-state index is 6.11. The average molecular weight is 324 g/mol. The van der Waals surface area contributed by atoms with Crippen LogP contribution in [0.15, 0.2) is 48.5 Å². The molecule has 116 valence electrons. The molecule has 2 nitrogen and oxygen atoms in total. The molecule has 0 radical (unpaired) electrons. The summed E-state index contributed by atoms with van der Waals surface area (Å²) in [5.74, 6) is 3.01. The first kappa shape index (κ1) is 14.6. The number of rotatable bonds is 2. The van der Waals surface area contributed by atoms with E-state index in [9.17, 15) is 0 Å². The molecule has 0 aliphatic carbocycles. The molecule has 2 aromatic carbocycles. The number of hydrogen-bond donors (Lipinski definition) is 0. The Morgan fingerprint density at radius 2 is 2.00 bits per heavy atom. The molecule has 2 heterocycles. The number of nitrogens with zero attached hydrogens (tertiary/aromatic N) is 1. The molecule has 0 aromatic heterocycles. The highest BCUT2D eigenvalue weighted by Gasteiger charge is 2.58. The predicted molar refractivity (Wildman–Crippen MR) is 93.9 cm³/mol. The number of halogens is 1. The summed E-state index contributed by atoms with van der Waals surface area (Å²) < 4.78 is 6.11. The number of ether oxygens (including phenoxy) is 1. The van der Waals surface area contributed by atoms with Crippen LogP contribution in [0.3, 0.4) is 0 Å². The number of hydrogen-bond acceptors (Lipinski definition) is 2. The van der Waals surface area contributed by atoms with E-state index in [-0.39, 0.29) is 17.6 Å². The molecule has 0 spiro atoms. The fourth-order valence-corrected chi connectivity index (χ4v) is 4.40. The monoisotopic (exact) mass is 323 g/mol. The van der Waals surface area contributed by atoms with Gasteiger partial charge in [-0.1, -0.05) is 47.9 Å². The van der Waals surface area contributed by atoms with Crippen LogP contribution in [-0.2, 0) is 10.2 Å². The third kappa shape index (κ3) is 1.94. The zero-order valence-corrected chi connectivity index (χ0v) is 13.8. The van der Waals surface area contributed by atoms with Crippen LogP contribution >= 0.6 is 11.6 Å². The Morgan fingerprint density at radius 3 is 2.74 bits per heavy atom. The van der Waals surface area contributed by atoms with Gasteiger partial charge in [-0.05, 0) is 35.7 Å². The molecule has 0 N–H and O–H groups in total. The summed E-state index contributed by atoms with van der Waals surface area (Å²) in [6, 6.07) is 16.4. The van der Waals surface area contributed by atoms with Crippen molar-refractivity contribution in [2.24, 2.45) is 0 Å². The van der Waals surface area contributed by atoms with Gasteiger partial charge < -0.3 is 9.64 Å². The Kier molecular flexibility index (Phi) is 3.37. The van der Waals surface area contributed by atoms with Crippen molar-refractivity contribution in [2.75, 3.05) is 18.6 Å². The number of benzene rings is 2. The van der Waals surface area contributed by atoms with E-state index in [4.69, 9.17) is 22.8 Å². The van der Waals surface area contributed by atoms with Crippen LogP contribution in [0.5, 0.6) is 0 Å². The highest BCUT2D eigenvalue weighted by Crippen LogP contribution is 2.57. The molecule has 0 saturated carbocycles. The van der Waals surface area contributed by atoms with Crippen LogP contribution in [0.25, 0.3) is 0 Å². The zero-order chi connectivity index (χ0) is 16.0. The maximum absolute atomic E-state index is 6.11. The lowest BCUT2D eigenvalue weighted by molar-refractivity contribution is 0.0844. The number of terminal acetylenes is 1. The normalized spacial score (nSPS) is 26.5. The Labute approximate surface area is 142 Å². The second-order valence-electron chi connectivity index (χ2n) is 6.29. The maximum Gasteiger partial charge on any atom is 0.141 e. The van der Waals surface area contributed by atoms with Crippen LogP contribution in [0.2, 0.25) is 5.02 Å². The summed E-state index contributed by atoms with van der Waals surface area (Å²) in [6.07, 6.45) is 6.93. The second kappa shape index (κ2) is 5.30.